The number of rotatable bonds is 3. The van der Waals surface area contributed by atoms with Gasteiger partial charge < -0.3 is 9.15 Å². The van der Waals surface area contributed by atoms with Crippen LogP contribution >= 0.6 is 0 Å². The standard InChI is InChI=1S/C21H20O3/c1-14(2)20(22)24-21(18-13-16-10-11-19(18)23-16)12-6-5-8-15-7-3-4-9-17(15)21/h3-4,7,9-11,13H,1,5-6,8,12H2,2H3. The number of carbonyl (C=O) groups is 1. The van der Waals surface area contributed by atoms with Gasteiger partial charge in [-0.1, -0.05) is 30.8 Å². The number of carbonyl (C=O) groups excluding carboxylic acids is 1. The highest BCUT2D eigenvalue weighted by molar-refractivity contribution is 5.88. The van der Waals surface area contributed by atoms with Crippen molar-refractivity contribution in [3.63, 3.8) is 0 Å². The molecule has 1 aliphatic carbocycles. The summed E-state index contributed by atoms with van der Waals surface area (Å²) in [5.74, 6) is -0.357. The van der Waals surface area contributed by atoms with E-state index in [4.69, 9.17) is 9.15 Å². The molecule has 0 amide bonds. The molecule has 3 heteroatoms. The molecule has 0 spiro atoms. The summed E-state index contributed by atoms with van der Waals surface area (Å²) in [4.78, 5) is 12.5. The average molecular weight is 320 g/mol. The number of esters is 1. The van der Waals surface area contributed by atoms with Crippen LogP contribution in [0.1, 0.15) is 42.9 Å². The van der Waals surface area contributed by atoms with E-state index < -0.39 is 5.60 Å². The highest BCUT2D eigenvalue weighted by Crippen LogP contribution is 2.46. The zero-order valence-corrected chi connectivity index (χ0v) is 13.8. The van der Waals surface area contributed by atoms with Crippen LogP contribution in [0.3, 0.4) is 0 Å². The minimum absolute atomic E-state index is 0.357. The van der Waals surface area contributed by atoms with Gasteiger partial charge in [0.25, 0.3) is 0 Å². The Bertz CT molecular complexity index is 904. The molecule has 1 atom stereocenters. The lowest BCUT2D eigenvalue weighted by atomic mass is 9.81. The number of furan rings is 2. The van der Waals surface area contributed by atoms with Crippen molar-refractivity contribution in [3.05, 3.63) is 71.3 Å². The molecule has 0 aliphatic heterocycles. The molecular weight excluding hydrogens is 300 g/mol. The van der Waals surface area contributed by atoms with Crippen molar-refractivity contribution in [2.24, 2.45) is 0 Å². The van der Waals surface area contributed by atoms with Gasteiger partial charge in [0.1, 0.15) is 11.2 Å². The summed E-state index contributed by atoms with van der Waals surface area (Å²) in [6.45, 7) is 5.44. The first-order chi connectivity index (χ1) is 11.6. The first-order valence-electron chi connectivity index (χ1n) is 8.40. The van der Waals surface area contributed by atoms with Crippen molar-refractivity contribution in [1.29, 1.82) is 0 Å². The Balaban J connectivity index is 1.95. The molecule has 3 aromatic rings. The molecule has 0 saturated heterocycles. The van der Waals surface area contributed by atoms with Gasteiger partial charge in [-0.3, -0.25) is 0 Å². The van der Waals surface area contributed by atoms with E-state index in [-0.39, 0.29) is 5.97 Å². The van der Waals surface area contributed by atoms with Crippen LogP contribution in [0, 0.1) is 0 Å². The average Bonchev–Trinajstić information content (AvgIpc) is 3.16. The zero-order valence-electron chi connectivity index (χ0n) is 13.8. The summed E-state index contributed by atoms with van der Waals surface area (Å²) in [5, 5.41) is 0. The normalized spacial score (nSPS) is 20.5. The quantitative estimate of drug-likeness (QED) is 0.389. The molecule has 1 aliphatic rings. The van der Waals surface area contributed by atoms with Gasteiger partial charge >= 0.3 is 5.97 Å². The second-order valence-electron chi connectivity index (χ2n) is 6.62. The Labute approximate surface area is 141 Å². The van der Waals surface area contributed by atoms with Gasteiger partial charge in [0.05, 0.1) is 0 Å². The number of hydrogen-bond donors (Lipinski definition) is 0. The molecule has 0 fully saturated rings. The highest BCUT2D eigenvalue weighted by atomic mass is 16.6. The molecule has 2 heterocycles. The molecule has 122 valence electrons. The second kappa shape index (κ2) is 5.52. The number of ether oxygens (including phenoxy) is 1. The molecule has 3 nitrogen and oxygen atoms in total. The Morgan fingerprint density at radius 2 is 2.00 bits per heavy atom. The highest BCUT2D eigenvalue weighted by Gasteiger charge is 2.43. The first-order valence-corrected chi connectivity index (χ1v) is 8.40. The summed E-state index contributed by atoms with van der Waals surface area (Å²) >= 11 is 0. The van der Waals surface area contributed by atoms with E-state index in [0.717, 1.165) is 48.0 Å². The van der Waals surface area contributed by atoms with Crippen LogP contribution in [0.4, 0.5) is 0 Å². The first kappa shape index (κ1) is 15.0. The van der Waals surface area contributed by atoms with Crippen LogP contribution in [0.5, 0.6) is 0 Å². The van der Waals surface area contributed by atoms with Crippen LogP contribution < -0.4 is 0 Å². The number of hydrogen-bond acceptors (Lipinski definition) is 3. The van der Waals surface area contributed by atoms with E-state index >= 15 is 0 Å². The summed E-state index contributed by atoms with van der Waals surface area (Å²) in [7, 11) is 0. The lowest BCUT2D eigenvalue weighted by molar-refractivity contribution is -0.152. The monoisotopic (exact) mass is 320 g/mol. The third-order valence-electron chi connectivity index (χ3n) is 4.91. The molecule has 0 saturated carbocycles. The SMILES string of the molecule is C=C(C)C(=O)OC1(c2cc3ccc2o3)CCCCc2ccccc21. The van der Waals surface area contributed by atoms with Crippen LogP contribution in [0.2, 0.25) is 0 Å². The Morgan fingerprint density at radius 1 is 1.17 bits per heavy atom. The van der Waals surface area contributed by atoms with E-state index in [0.29, 0.717) is 5.57 Å². The third-order valence-corrected chi connectivity index (χ3v) is 4.91. The molecule has 0 radical (unpaired) electrons. The summed E-state index contributed by atoms with van der Waals surface area (Å²) in [6, 6.07) is 14.2. The van der Waals surface area contributed by atoms with Crippen molar-refractivity contribution in [3.8, 4) is 0 Å². The topological polar surface area (TPSA) is 39.4 Å². The molecular formula is C21H20O3. The summed E-state index contributed by atoms with van der Waals surface area (Å²) in [6.07, 6.45) is 3.82. The van der Waals surface area contributed by atoms with Gasteiger partial charge in [0.15, 0.2) is 5.60 Å². The minimum Gasteiger partial charge on any atom is -0.457 e. The predicted octanol–water partition coefficient (Wildman–Crippen LogP) is 4.96. The van der Waals surface area contributed by atoms with Gasteiger partial charge in [-0.05, 0) is 56.4 Å². The van der Waals surface area contributed by atoms with Gasteiger partial charge in [-0.2, -0.15) is 0 Å². The van der Waals surface area contributed by atoms with Crippen LogP contribution in [0.25, 0.3) is 11.2 Å². The van der Waals surface area contributed by atoms with Crippen molar-refractivity contribution < 1.29 is 13.9 Å². The maximum absolute atomic E-state index is 12.5. The van der Waals surface area contributed by atoms with Crippen molar-refractivity contribution in [1.82, 2.24) is 0 Å². The van der Waals surface area contributed by atoms with Gasteiger partial charge in [0, 0.05) is 16.7 Å². The Kier molecular flexibility index (Phi) is 3.45. The van der Waals surface area contributed by atoms with Gasteiger partial charge in [-0.15, -0.1) is 0 Å². The molecule has 24 heavy (non-hydrogen) atoms. The maximum atomic E-state index is 12.5. The lowest BCUT2D eigenvalue weighted by Gasteiger charge is -2.34. The third kappa shape index (κ3) is 2.23. The Hall–Kier alpha value is -2.55. The summed E-state index contributed by atoms with van der Waals surface area (Å²) in [5.41, 5.74) is 4.47. The van der Waals surface area contributed by atoms with Gasteiger partial charge in [-0.25, -0.2) is 4.79 Å². The van der Waals surface area contributed by atoms with Crippen LogP contribution in [0.15, 0.2) is 59.0 Å². The molecule has 0 N–H and O–H groups in total. The second-order valence-corrected chi connectivity index (χ2v) is 6.62. The van der Waals surface area contributed by atoms with E-state index in [2.05, 4.69) is 18.7 Å². The van der Waals surface area contributed by atoms with E-state index in [1.807, 2.05) is 30.3 Å². The minimum atomic E-state index is -0.801. The van der Waals surface area contributed by atoms with Gasteiger partial charge in [0.2, 0.25) is 0 Å². The zero-order chi connectivity index (χ0) is 16.7. The molecule has 4 rings (SSSR count). The number of aryl methyl sites for hydroxylation is 1. The van der Waals surface area contributed by atoms with Crippen molar-refractivity contribution in [2.75, 3.05) is 0 Å². The van der Waals surface area contributed by atoms with E-state index in [1.54, 1.807) is 6.92 Å². The Morgan fingerprint density at radius 3 is 2.71 bits per heavy atom. The predicted molar refractivity (Wildman–Crippen MR) is 93.1 cm³/mol. The smallest absolute Gasteiger partial charge is 0.334 e. The molecule has 1 aromatic carbocycles. The molecule has 1 unspecified atom stereocenters. The largest absolute Gasteiger partial charge is 0.457 e. The number of fused-ring (bicyclic) bond motifs is 3. The maximum Gasteiger partial charge on any atom is 0.334 e. The van der Waals surface area contributed by atoms with Crippen molar-refractivity contribution in [2.45, 2.75) is 38.2 Å². The number of benzene rings is 2. The van der Waals surface area contributed by atoms with E-state index in [1.165, 1.54) is 5.56 Å². The van der Waals surface area contributed by atoms with Crippen LogP contribution in [-0.2, 0) is 21.6 Å². The fourth-order valence-corrected chi connectivity index (χ4v) is 3.75. The lowest BCUT2D eigenvalue weighted by Crippen LogP contribution is -2.34. The molecule has 2 aromatic heterocycles. The van der Waals surface area contributed by atoms with Crippen LogP contribution in [-0.4, -0.2) is 5.97 Å². The fourth-order valence-electron chi connectivity index (χ4n) is 3.75. The fraction of sp³-hybridized carbons (Fsp3) is 0.286. The van der Waals surface area contributed by atoms with Crippen molar-refractivity contribution >= 4 is 17.1 Å². The summed E-state index contributed by atoms with van der Waals surface area (Å²) < 4.78 is 11.9. The van der Waals surface area contributed by atoms with E-state index in [9.17, 15) is 4.79 Å². The molecule has 2 bridgehead atoms.